The van der Waals surface area contributed by atoms with E-state index < -0.39 is 17.9 Å². The molecule has 158 valence electrons. The van der Waals surface area contributed by atoms with Crippen molar-refractivity contribution in [3.05, 3.63) is 65.5 Å². The van der Waals surface area contributed by atoms with Gasteiger partial charge in [0.05, 0.1) is 17.9 Å². The lowest BCUT2D eigenvalue weighted by Crippen LogP contribution is -2.46. The zero-order valence-corrected chi connectivity index (χ0v) is 17.1. The molecular weight excluding hydrogens is 421 g/mol. The highest BCUT2D eigenvalue weighted by Crippen LogP contribution is 2.34. The molecular formula is C21H18FN5O3S. The molecule has 31 heavy (non-hydrogen) atoms. The Morgan fingerprint density at radius 2 is 1.87 bits per heavy atom. The van der Waals surface area contributed by atoms with Crippen molar-refractivity contribution in [2.24, 2.45) is 15.7 Å². The van der Waals surface area contributed by atoms with Gasteiger partial charge in [-0.2, -0.15) is 4.99 Å². The quantitative estimate of drug-likeness (QED) is 0.711. The van der Waals surface area contributed by atoms with E-state index in [1.165, 1.54) is 12.1 Å². The first-order chi connectivity index (χ1) is 14.9. The van der Waals surface area contributed by atoms with Gasteiger partial charge in [0, 0.05) is 12.1 Å². The van der Waals surface area contributed by atoms with Gasteiger partial charge in [-0.1, -0.05) is 36.0 Å². The van der Waals surface area contributed by atoms with Crippen molar-refractivity contribution in [1.82, 2.24) is 10.2 Å². The summed E-state index contributed by atoms with van der Waals surface area (Å²) in [6.07, 6.45) is -0.147. The number of para-hydroxylation sites is 1. The van der Waals surface area contributed by atoms with E-state index in [9.17, 15) is 18.8 Å². The van der Waals surface area contributed by atoms with Crippen molar-refractivity contribution in [3.63, 3.8) is 0 Å². The van der Waals surface area contributed by atoms with Crippen LogP contribution in [0.25, 0.3) is 0 Å². The first kappa shape index (κ1) is 20.7. The number of nitrogens with one attached hydrogen (secondary N) is 1. The molecule has 0 fully saturated rings. The fourth-order valence-electron chi connectivity index (χ4n) is 3.29. The number of nitrogens with zero attached hydrogens (tertiary/aromatic N) is 3. The summed E-state index contributed by atoms with van der Waals surface area (Å²) in [5.74, 6) is -1.33. The predicted octanol–water partition coefficient (Wildman–Crippen LogP) is 1.71. The highest BCUT2D eigenvalue weighted by Gasteiger charge is 2.42. The van der Waals surface area contributed by atoms with E-state index in [0.29, 0.717) is 22.3 Å². The Balaban J connectivity index is 1.52. The van der Waals surface area contributed by atoms with Crippen LogP contribution in [0.4, 0.5) is 10.1 Å². The predicted molar refractivity (Wildman–Crippen MR) is 115 cm³/mol. The van der Waals surface area contributed by atoms with Crippen molar-refractivity contribution in [2.75, 3.05) is 5.75 Å². The maximum atomic E-state index is 13.0. The van der Waals surface area contributed by atoms with E-state index in [1.54, 1.807) is 29.2 Å². The summed E-state index contributed by atoms with van der Waals surface area (Å²) in [5, 5.41) is 3.12. The number of thioether (sulfide) groups is 1. The van der Waals surface area contributed by atoms with Crippen molar-refractivity contribution in [2.45, 2.75) is 19.0 Å². The molecule has 0 saturated heterocycles. The molecule has 0 saturated carbocycles. The molecule has 3 amide bonds. The molecule has 2 aromatic rings. The van der Waals surface area contributed by atoms with E-state index >= 15 is 0 Å². The van der Waals surface area contributed by atoms with Crippen LogP contribution in [0.15, 0.2) is 58.5 Å². The lowest BCUT2D eigenvalue weighted by Gasteiger charge is -2.30. The van der Waals surface area contributed by atoms with E-state index in [-0.39, 0.29) is 30.4 Å². The van der Waals surface area contributed by atoms with Crippen LogP contribution in [-0.4, -0.2) is 45.4 Å². The zero-order chi connectivity index (χ0) is 22.0. The number of carbonyl (C=O) groups excluding carboxylic acids is 3. The van der Waals surface area contributed by atoms with E-state index in [1.807, 2.05) is 12.1 Å². The zero-order valence-electron chi connectivity index (χ0n) is 16.2. The molecule has 2 heterocycles. The number of benzene rings is 2. The number of carbonyl (C=O) groups is 3. The highest BCUT2D eigenvalue weighted by atomic mass is 32.2. The molecule has 2 aliphatic rings. The van der Waals surface area contributed by atoms with E-state index in [2.05, 4.69) is 15.3 Å². The third-order valence-electron chi connectivity index (χ3n) is 4.73. The molecule has 4 rings (SSSR count). The molecule has 0 radical (unpaired) electrons. The Bertz CT molecular complexity index is 1120. The van der Waals surface area contributed by atoms with Crippen LogP contribution in [0.2, 0.25) is 0 Å². The van der Waals surface area contributed by atoms with Crippen LogP contribution < -0.4 is 11.1 Å². The van der Waals surface area contributed by atoms with E-state index in [4.69, 9.17) is 5.73 Å². The molecule has 0 bridgehead atoms. The number of amides is 3. The number of amidine groups is 2. The third kappa shape index (κ3) is 4.48. The maximum Gasteiger partial charge on any atom is 0.271 e. The standard InChI is InChI=1S/C21H18FN5O3S/c22-13-7-5-12(6-8-13)10-24-18(29)9-16-20(30)26-19-14-3-1-2-4-15(14)25-21(27(16)19)31-11-17(23)28/h1-8,16H,9-11H2,(H2,23,28)(H,24,29). The monoisotopic (exact) mass is 439 g/mol. The summed E-state index contributed by atoms with van der Waals surface area (Å²) in [5.41, 5.74) is 7.30. The van der Waals surface area contributed by atoms with Crippen LogP contribution in [0, 0.1) is 5.82 Å². The van der Waals surface area contributed by atoms with Crippen molar-refractivity contribution in [1.29, 1.82) is 0 Å². The normalized spacial score (nSPS) is 16.9. The van der Waals surface area contributed by atoms with Gasteiger partial charge in [-0.15, -0.1) is 0 Å². The minimum Gasteiger partial charge on any atom is -0.369 e. The minimum atomic E-state index is -0.879. The molecule has 8 nitrogen and oxygen atoms in total. The Hall–Kier alpha value is -3.53. The fourth-order valence-corrected chi connectivity index (χ4v) is 4.08. The molecule has 1 unspecified atom stereocenters. The third-order valence-corrected chi connectivity index (χ3v) is 5.71. The second kappa shape index (κ2) is 8.68. The van der Waals surface area contributed by atoms with Crippen molar-refractivity contribution in [3.8, 4) is 0 Å². The van der Waals surface area contributed by atoms with Gasteiger partial charge in [0.1, 0.15) is 17.7 Å². The Labute approximate surface area is 181 Å². The molecule has 2 aromatic carbocycles. The number of aliphatic imine (C=N–C) groups is 2. The van der Waals surface area contributed by atoms with Crippen LogP contribution in [0.3, 0.4) is 0 Å². The lowest BCUT2D eigenvalue weighted by atomic mass is 10.1. The average Bonchev–Trinajstić information content (AvgIpc) is 3.08. The summed E-state index contributed by atoms with van der Waals surface area (Å²) < 4.78 is 13.0. The average molecular weight is 439 g/mol. The Kier molecular flexibility index (Phi) is 5.81. The molecule has 0 spiro atoms. The maximum absolute atomic E-state index is 13.0. The van der Waals surface area contributed by atoms with Gasteiger partial charge in [-0.3, -0.25) is 19.3 Å². The number of rotatable bonds is 6. The number of nitrogens with two attached hydrogens (primary N) is 1. The molecule has 0 aliphatic carbocycles. The minimum absolute atomic E-state index is 0.0253. The number of hydrogen-bond acceptors (Lipinski definition) is 6. The second-order valence-corrected chi connectivity index (χ2v) is 7.88. The van der Waals surface area contributed by atoms with Crippen molar-refractivity contribution >= 4 is 46.2 Å². The summed E-state index contributed by atoms with van der Waals surface area (Å²) in [7, 11) is 0. The molecule has 10 heteroatoms. The summed E-state index contributed by atoms with van der Waals surface area (Å²) in [6.45, 7) is 0.202. The van der Waals surface area contributed by atoms with Crippen LogP contribution in [-0.2, 0) is 20.9 Å². The lowest BCUT2D eigenvalue weighted by molar-refractivity contribution is -0.126. The largest absolute Gasteiger partial charge is 0.369 e. The number of halogens is 1. The summed E-state index contributed by atoms with van der Waals surface area (Å²) in [6, 6.07) is 12.1. The number of hydrogen-bond donors (Lipinski definition) is 2. The van der Waals surface area contributed by atoms with Gasteiger partial charge in [0.15, 0.2) is 5.17 Å². The second-order valence-electron chi connectivity index (χ2n) is 6.93. The molecule has 1 atom stereocenters. The van der Waals surface area contributed by atoms with Gasteiger partial charge >= 0.3 is 0 Å². The van der Waals surface area contributed by atoms with Gasteiger partial charge < -0.3 is 11.1 Å². The summed E-state index contributed by atoms with van der Waals surface area (Å²) >= 11 is 1.09. The number of fused-ring (bicyclic) bond motifs is 3. The fraction of sp³-hybridized carbons (Fsp3) is 0.190. The topological polar surface area (TPSA) is 117 Å². The first-order valence-electron chi connectivity index (χ1n) is 9.44. The Morgan fingerprint density at radius 3 is 2.61 bits per heavy atom. The summed E-state index contributed by atoms with van der Waals surface area (Å²) in [4.78, 5) is 46.8. The highest BCUT2D eigenvalue weighted by molar-refractivity contribution is 8.14. The van der Waals surface area contributed by atoms with Gasteiger partial charge in [-0.05, 0) is 29.8 Å². The van der Waals surface area contributed by atoms with Crippen LogP contribution in [0.1, 0.15) is 17.5 Å². The number of primary amides is 1. The van der Waals surface area contributed by atoms with Gasteiger partial charge in [-0.25, -0.2) is 9.38 Å². The van der Waals surface area contributed by atoms with Crippen molar-refractivity contribution < 1.29 is 18.8 Å². The Morgan fingerprint density at radius 1 is 1.13 bits per heavy atom. The molecule has 2 aliphatic heterocycles. The first-order valence-corrected chi connectivity index (χ1v) is 10.4. The van der Waals surface area contributed by atoms with Crippen LogP contribution >= 0.6 is 11.8 Å². The SMILES string of the molecule is NC(=O)CSC1=Nc2ccccc2C2=NC(=O)C(CC(=O)NCc3ccc(F)cc3)N12. The molecule has 0 aromatic heterocycles. The van der Waals surface area contributed by atoms with Crippen LogP contribution in [0.5, 0.6) is 0 Å². The van der Waals surface area contributed by atoms with Gasteiger partial charge in [0.25, 0.3) is 5.91 Å². The smallest absolute Gasteiger partial charge is 0.271 e. The molecule has 3 N–H and O–H groups in total. The van der Waals surface area contributed by atoms with Gasteiger partial charge in [0.2, 0.25) is 11.8 Å². The van der Waals surface area contributed by atoms with E-state index in [0.717, 1.165) is 17.3 Å².